The predicted octanol–water partition coefficient (Wildman–Crippen LogP) is 4.10. The summed E-state index contributed by atoms with van der Waals surface area (Å²) < 4.78 is 13.2. The van der Waals surface area contributed by atoms with Crippen LogP contribution < -0.4 is 10.6 Å². The predicted molar refractivity (Wildman–Crippen MR) is 106 cm³/mol. The lowest BCUT2D eigenvalue weighted by Gasteiger charge is -2.08. The van der Waals surface area contributed by atoms with E-state index in [-0.39, 0.29) is 16.6 Å². The van der Waals surface area contributed by atoms with E-state index in [4.69, 9.17) is 11.6 Å². The quantitative estimate of drug-likeness (QED) is 0.657. The Balaban J connectivity index is 1.61. The van der Waals surface area contributed by atoms with Gasteiger partial charge in [0, 0.05) is 24.0 Å². The lowest BCUT2D eigenvalue weighted by Crippen LogP contribution is -2.26. The van der Waals surface area contributed by atoms with Gasteiger partial charge in [-0.05, 0) is 42.3 Å². The third kappa shape index (κ3) is 5.14. The van der Waals surface area contributed by atoms with Crippen LogP contribution in [0, 0.1) is 5.82 Å². The van der Waals surface area contributed by atoms with Crippen molar-refractivity contribution in [2.75, 3.05) is 11.9 Å². The van der Waals surface area contributed by atoms with Crippen LogP contribution in [0.4, 0.5) is 10.1 Å². The van der Waals surface area contributed by atoms with E-state index in [1.807, 2.05) is 30.3 Å². The zero-order valence-electron chi connectivity index (χ0n) is 14.8. The zero-order chi connectivity index (χ0) is 19.9. The van der Waals surface area contributed by atoms with Gasteiger partial charge >= 0.3 is 0 Å². The number of amides is 2. The molecule has 2 aromatic carbocycles. The van der Waals surface area contributed by atoms with Crippen LogP contribution in [-0.2, 0) is 6.42 Å². The Labute approximate surface area is 166 Å². The third-order valence-electron chi connectivity index (χ3n) is 3.97. The van der Waals surface area contributed by atoms with Gasteiger partial charge in [-0.15, -0.1) is 0 Å². The number of carbonyl (C=O) groups excluding carboxylic acids is 2. The molecule has 2 N–H and O–H groups in total. The summed E-state index contributed by atoms with van der Waals surface area (Å²) in [5.41, 5.74) is 1.84. The molecule has 0 aliphatic heterocycles. The highest BCUT2D eigenvalue weighted by Gasteiger charge is 2.13. The molecule has 5 nitrogen and oxygen atoms in total. The minimum atomic E-state index is -0.577. The molecule has 0 spiro atoms. The maximum absolute atomic E-state index is 13.2. The number of nitrogens with zero attached hydrogens (tertiary/aromatic N) is 1. The summed E-state index contributed by atoms with van der Waals surface area (Å²) in [6.45, 7) is 0.473. The van der Waals surface area contributed by atoms with E-state index in [0.29, 0.717) is 24.2 Å². The fourth-order valence-electron chi connectivity index (χ4n) is 2.53. The molecule has 28 heavy (non-hydrogen) atoms. The van der Waals surface area contributed by atoms with Gasteiger partial charge in [-0.3, -0.25) is 14.6 Å². The van der Waals surface area contributed by atoms with Crippen molar-refractivity contribution in [2.45, 2.75) is 6.42 Å². The van der Waals surface area contributed by atoms with Gasteiger partial charge in [0.2, 0.25) is 0 Å². The Morgan fingerprint density at radius 2 is 1.79 bits per heavy atom. The minimum absolute atomic E-state index is 0.0659. The van der Waals surface area contributed by atoms with E-state index in [9.17, 15) is 14.0 Å². The summed E-state index contributed by atoms with van der Waals surface area (Å²) in [6, 6.07) is 16.6. The number of hydrogen-bond acceptors (Lipinski definition) is 3. The molecule has 0 saturated carbocycles. The second-order valence-electron chi connectivity index (χ2n) is 6.00. The summed E-state index contributed by atoms with van der Waals surface area (Å²) >= 11 is 5.71. The van der Waals surface area contributed by atoms with E-state index >= 15 is 0 Å². The minimum Gasteiger partial charge on any atom is -0.352 e. The monoisotopic (exact) mass is 397 g/mol. The highest BCUT2D eigenvalue weighted by atomic mass is 35.5. The molecule has 0 atom stereocenters. The molecule has 0 saturated heterocycles. The summed E-state index contributed by atoms with van der Waals surface area (Å²) in [4.78, 5) is 28.6. The van der Waals surface area contributed by atoms with Gasteiger partial charge in [0.25, 0.3) is 11.8 Å². The van der Waals surface area contributed by atoms with Crippen LogP contribution in [-0.4, -0.2) is 23.3 Å². The lowest BCUT2D eigenvalue weighted by molar-refractivity contribution is 0.0954. The Kier molecular flexibility index (Phi) is 6.34. The zero-order valence-corrected chi connectivity index (χ0v) is 15.5. The molecular formula is C21H17ClFN3O2. The van der Waals surface area contributed by atoms with E-state index in [1.165, 1.54) is 30.5 Å². The number of nitrogens with one attached hydrogen (secondary N) is 2. The molecule has 3 aromatic rings. The van der Waals surface area contributed by atoms with Crippen molar-refractivity contribution in [1.29, 1.82) is 0 Å². The largest absolute Gasteiger partial charge is 0.352 e. The van der Waals surface area contributed by atoms with Crippen LogP contribution in [0.2, 0.25) is 5.02 Å². The third-order valence-corrected chi connectivity index (χ3v) is 4.26. The molecule has 0 aliphatic rings. The molecule has 7 heteroatoms. The van der Waals surface area contributed by atoms with Gasteiger partial charge in [-0.1, -0.05) is 41.9 Å². The highest BCUT2D eigenvalue weighted by molar-refractivity contribution is 6.31. The average molecular weight is 398 g/mol. The normalized spacial score (nSPS) is 10.4. The van der Waals surface area contributed by atoms with E-state index in [2.05, 4.69) is 15.6 Å². The molecule has 1 heterocycles. The van der Waals surface area contributed by atoms with Gasteiger partial charge in [0.1, 0.15) is 11.5 Å². The van der Waals surface area contributed by atoms with Crippen LogP contribution >= 0.6 is 11.6 Å². The van der Waals surface area contributed by atoms with Gasteiger partial charge in [0.05, 0.1) is 5.02 Å². The molecule has 0 bridgehead atoms. The highest BCUT2D eigenvalue weighted by Crippen LogP contribution is 2.19. The van der Waals surface area contributed by atoms with Gasteiger partial charge in [0.15, 0.2) is 0 Å². The van der Waals surface area contributed by atoms with E-state index in [0.717, 1.165) is 11.6 Å². The first-order valence-electron chi connectivity index (χ1n) is 8.57. The molecule has 0 radical (unpaired) electrons. The van der Waals surface area contributed by atoms with Crippen molar-refractivity contribution in [2.24, 2.45) is 0 Å². The van der Waals surface area contributed by atoms with E-state index in [1.54, 1.807) is 0 Å². The van der Waals surface area contributed by atoms with Gasteiger partial charge in [-0.25, -0.2) is 4.39 Å². The number of aromatic nitrogens is 1. The number of benzene rings is 2. The molecule has 3 rings (SSSR count). The summed E-state index contributed by atoms with van der Waals surface area (Å²) in [5, 5.41) is 5.29. The van der Waals surface area contributed by atoms with Gasteiger partial charge < -0.3 is 10.6 Å². The molecule has 1 aromatic heterocycles. The van der Waals surface area contributed by atoms with Crippen molar-refractivity contribution < 1.29 is 14.0 Å². The molecule has 142 valence electrons. The second kappa shape index (κ2) is 9.10. The van der Waals surface area contributed by atoms with Crippen molar-refractivity contribution in [1.82, 2.24) is 10.3 Å². The molecular weight excluding hydrogens is 381 g/mol. The molecule has 0 unspecified atom stereocenters. The van der Waals surface area contributed by atoms with Crippen LogP contribution in [0.5, 0.6) is 0 Å². The smallest absolute Gasteiger partial charge is 0.274 e. The molecule has 2 amide bonds. The Morgan fingerprint density at radius 1 is 1.00 bits per heavy atom. The molecule has 0 fully saturated rings. The van der Waals surface area contributed by atoms with Crippen molar-refractivity contribution in [3.8, 4) is 0 Å². The van der Waals surface area contributed by atoms with Crippen molar-refractivity contribution in [3.63, 3.8) is 0 Å². The van der Waals surface area contributed by atoms with E-state index < -0.39 is 11.7 Å². The number of halogens is 2. The van der Waals surface area contributed by atoms with Crippen molar-refractivity contribution in [3.05, 3.63) is 94.5 Å². The summed E-state index contributed by atoms with van der Waals surface area (Å²) in [7, 11) is 0. The number of hydrogen-bond donors (Lipinski definition) is 2. The topological polar surface area (TPSA) is 71.1 Å². The van der Waals surface area contributed by atoms with Crippen LogP contribution in [0.25, 0.3) is 0 Å². The number of pyridine rings is 1. The Morgan fingerprint density at radius 3 is 2.54 bits per heavy atom. The SMILES string of the molecule is O=C(NCCc1ccccc1)c1ccnc(C(=O)Nc2ccc(F)c(Cl)c2)c1. The fraction of sp³-hybridized carbons (Fsp3) is 0.0952. The first-order chi connectivity index (χ1) is 13.5. The first-order valence-corrected chi connectivity index (χ1v) is 8.95. The number of rotatable bonds is 6. The van der Waals surface area contributed by atoms with Gasteiger partial charge in [-0.2, -0.15) is 0 Å². The summed E-state index contributed by atoms with van der Waals surface area (Å²) in [5.74, 6) is -1.40. The maximum atomic E-state index is 13.2. The molecule has 0 aliphatic carbocycles. The maximum Gasteiger partial charge on any atom is 0.274 e. The standard InChI is InChI=1S/C21H17ClFN3O2/c22-17-13-16(6-7-18(17)23)26-21(28)19-12-15(9-11-24-19)20(27)25-10-8-14-4-2-1-3-5-14/h1-7,9,11-13H,8,10H2,(H,25,27)(H,26,28). The Bertz CT molecular complexity index is 996. The lowest BCUT2D eigenvalue weighted by atomic mass is 10.1. The number of anilines is 1. The second-order valence-corrected chi connectivity index (χ2v) is 6.41. The summed E-state index contributed by atoms with van der Waals surface area (Å²) in [6.07, 6.45) is 2.09. The van der Waals surface area contributed by atoms with Crippen LogP contribution in [0.15, 0.2) is 66.9 Å². The Hall–Kier alpha value is -3.25. The number of carbonyl (C=O) groups is 2. The van der Waals surface area contributed by atoms with Crippen molar-refractivity contribution >= 4 is 29.1 Å². The van der Waals surface area contributed by atoms with Crippen LogP contribution in [0.3, 0.4) is 0 Å². The van der Waals surface area contributed by atoms with Crippen LogP contribution in [0.1, 0.15) is 26.4 Å². The fourth-order valence-corrected chi connectivity index (χ4v) is 2.71. The average Bonchev–Trinajstić information content (AvgIpc) is 2.71. The first kappa shape index (κ1) is 19.5.